The number of aliphatic hydroxyl groups excluding tert-OH is 1. The summed E-state index contributed by atoms with van der Waals surface area (Å²) < 4.78 is 11.8. The van der Waals surface area contributed by atoms with Crippen LogP contribution in [0.3, 0.4) is 0 Å². The van der Waals surface area contributed by atoms with Gasteiger partial charge in [-0.25, -0.2) is 0 Å². The molecular weight excluding hydrogens is 266 g/mol. The molecule has 21 heavy (non-hydrogen) atoms. The van der Waals surface area contributed by atoms with E-state index in [2.05, 4.69) is 19.2 Å². The van der Waals surface area contributed by atoms with Gasteiger partial charge in [-0.05, 0) is 12.1 Å². The second kappa shape index (κ2) is 4.49. The summed E-state index contributed by atoms with van der Waals surface area (Å²) in [5.74, 6) is 1.71. The van der Waals surface area contributed by atoms with Crippen molar-refractivity contribution < 1.29 is 19.5 Å². The smallest absolute Gasteiger partial charge is 0.166 e. The summed E-state index contributed by atoms with van der Waals surface area (Å²) in [6.07, 6.45) is 5.47. The number of hydrogen-bond donors (Lipinski definition) is 2. The first-order valence-corrected chi connectivity index (χ1v) is 7.70. The lowest BCUT2D eigenvalue weighted by atomic mass is 9.69. The van der Waals surface area contributed by atoms with Gasteiger partial charge in [0, 0.05) is 24.0 Å². The molecule has 2 N–H and O–H groups in total. The van der Waals surface area contributed by atoms with E-state index < -0.39 is 6.10 Å². The summed E-state index contributed by atoms with van der Waals surface area (Å²) in [4.78, 5) is 1.52. The fourth-order valence-electron chi connectivity index (χ4n) is 4.18. The van der Waals surface area contributed by atoms with E-state index in [1.54, 1.807) is 7.11 Å². The quantitative estimate of drug-likeness (QED) is 0.737. The van der Waals surface area contributed by atoms with Crippen molar-refractivity contribution in [3.8, 4) is 11.5 Å². The third kappa shape index (κ3) is 1.75. The zero-order chi connectivity index (χ0) is 14.6. The Morgan fingerprint density at radius 3 is 3.10 bits per heavy atom. The van der Waals surface area contributed by atoms with Crippen molar-refractivity contribution in [3.05, 3.63) is 35.4 Å². The molecule has 2 heterocycles. The van der Waals surface area contributed by atoms with Crippen molar-refractivity contribution in [3.63, 3.8) is 0 Å². The van der Waals surface area contributed by atoms with Crippen LogP contribution >= 0.6 is 0 Å². The van der Waals surface area contributed by atoms with Gasteiger partial charge in [-0.3, -0.25) is 0 Å². The fraction of sp³-hybridized carbons (Fsp3) is 0.529. The van der Waals surface area contributed by atoms with Crippen LogP contribution in [-0.2, 0) is 12.0 Å². The number of ether oxygens (including phenoxy) is 2. The molecule has 112 valence electrons. The van der Waals surface area contributed by atoms with Crippen LogP contribution in [0.5, 0.6) is 11.5 Å². The molecule has 4 heteroatoms. The molecule has 1 spiro atoms. The molecular formula is C17H22NO3+. The van der Waals surface area contributed by atoms with Crippen LogP contribution in [0.25, 0.3) is 0 Å². The molecule has 4 atom stereocenters. The number of quaternary nitrogens is 1. The third-order valence-electron chi connectivity index (χ3n) is 5.26. The molecule has 3 aliphatic rings. The van der Waals surface area contributed by atoms with Crippen molar-refractivity contribution in [2.24, 2.45) is 0 Å². The number of benzene rings is 1. The predicted octanol–water partition coefficient (Wildman–Crippen LogP) is 0.433. The van der Waals surface area contributed by atoms with Gasteiger partial charge in [-0.1, -0.05) is 12.2 Å². The van der Waals surface area contributed by atoms with Crippen molar-refractivity contribution in [1.82, 2.24) is 0 Å². The number of methoxy groups -OCH3 is 1. The zero-order valence-corrected chi connectivity index (χ0v) is 12.6. The number of aliphatic hydroxyl groups is 1. The van der Waals surface area contributed by atoms with Crippen molar-refractivity contribution in [1.29, 1.82) is 0 Å². The molecule has 0 saturated heterocycles. The second-order valence-corrected chi connectivity index (χ2v) is 6.57. The van der Waals surface area contributed by atoms with Gasteiger partial charge < -0.3 is 19.5 Å². The zero-order valence-electron chi connectivity index (χ0n) is 12.6. The minimum absolute atomic E-state index is 0.0217. The molecule has 4 nitrogen and oxygen atoms in total. The average Bonchev–Trinajstić information content (AvgIpc) is 2.72. The molecule has 1 aromatic rings. The lowest BCUT2D eigenvalue weighted by molar-refractivity contribution is -0.893. The SMILES string of the molecule is COc1ccc2c3c1O[C@@H]1C[C@H](O)C=C[C@@]31CC[NH+](C)C2. The molecule has 0 amide bonds. The third-order valence-corrected chi connectivity index (χ3v) is 5.26. The summed E-state index contributed by atoms with van der Waals surface area (Å²) >= 11 is 0. The van der Waals surface area contributed by atoms with Crippen molar-refractivity contribution in [2.45, 2.75) is 37.0 Å². The molecule has 0 saturated carbocycles. The van der Waals surface area contributed by atoms with E-state index in [1.807, 2.05) is 12.1 Å². The fourth-order valence-corrected chi connectivity index (χ4v) is 4.18. The molecule has 2 aliphatic heterocycles. The van der Waals surface area contributed by atoms with Crippen LogP contribution in [0.1, 0.15) is 24.0 Å². The highest BCUT2D eigenvalue weighted by atomic mass is 16.5. The van der Waals surface area contributed by atoms with Gasteiger partial charge >= 0.3 is 0 Å². The minimum atomic E-state index is -0.405. The maximum atomic E-state index is 9.98. The van der Waals surface area contributed by atoms with Crippen molar-refractivity contribution in [2.75, 3.05) is 20.7 Å². The summed E-state index contributed by atoms with van der Waals surface area (Å²) in [7, 11) is 3.93. The monoisotopic (exact) mass is 288 g/mol. The van der Waals surface area contributed by atoms with Gasteiger partial charge in [0.05, 0.1) is 32.2 Å². The molecule has 1 aliphatic carbocycles. The topological polar surface area (TPSA) is 43.1 Å². The summed E-state index contributed by atoms with van der Waals surface area (Å²) in [5.41, 5.74) is 2.56. The summed E-state index contributed by atoms with van der Waals surface area (Å²) in [6, 6.07) is 4.19. The predicted molar refractivity (Wildman–Crippen MR) is 78.9 cm³/mol. The van der Waals surface area contributed by atoms with E-state index in [0.29, 0.717) is 6.42 Å². The minimum Gasteiger partial charge on any atom is -0.493 e. The number of hydrogen-bond acceptors (Lipinski definition) is 3. The Morgan fingerprint density at radius 1 is 1.43 bits per heavy atom. The Kier molecular flexibility index (Phi) is 2.81. The number of nitrogens with one attached hydrogen (secondary N) is 1. The van der Waals surface area contributed by atoms with Gasteiger partial charge in [0.2, 0.25) is 0 Å². The highest BCUT2D eigenvalue weighted by molar-refractivity contribution is 5.60. The average molecular weight is 288 g/mol. The highest BCUT2D eigenvalue weighted by Crippen LogP contribution is 2.54. The Bertz CT molecular complexity index is 612. The lowest BCUT2D eigenvalue weighted by Crippen LogP contribution is -3.07. The van der Waals surface area contributed by atoms with Gasteiger partial charge in [0.15, 0.2) is 11.5 Å². The lowest BCUT2D eigenvalue weighted by Gasteiger charge is -2.35. The summed E-state index contributed by atoms with van der Waals surface area (Å²) in [6.45, 7) is 2.12. The normalized spacial score (nSPS) is 36.4. The largest absolute Gasteiger partial charge is 0.493 e. The Labute approximate surface area is 125 Å². The van der Waals surface area contributed by atoms with Crippen LogP contribution in [0.15, 0.2) is 24.3 Å². The maximum absolute atomic E-state index is 9.98. The Balaban J connectivity index is 1.95. The molecule has 0 fully saturated rings. The number of rotatable bonds is 1. The van der Waals surface area contributed by atoms with Gasteiger partial charge in [-0.2, -0.15) is 0 Å². The van der Waals surface area contributed by atoms with Crippen LogP contribution in [0.4, 0.5) is 0 Å². The van der Waals surface area contributed by atoms with Gasteiger partial charge in [0.1, 0.15) is 12.6 Å². The van der Waals surface area contributed by atoms with E-state index in [-0.39, 0.29) is 11.5 Å². The van der Waals surface area contributed by atoms with E-state index in [0.717, 1.165) is 31.0 Å². The van der Waals surface area contributed by atoms with Crippen LogP contribution in [-0.4, -0.2) is 38.0 Å². The van der Waals surface area contributed by atoms with E-state index in [1.165, 1.54) is 16.0 Å². The second-order valence-electron chi connectivity index (χ2n) is 6.57. The summed E-state index contributed by atoms with van der Waals surface area (Å²) in [5, 5.41) is 9.98. The first-order valence-electron chi connectivity index (χ1n) is 7.70. The van der Waals surface area contributed by atoms with Crippen LogP contribution in [0.2, 0.25) is 0 Å². The Morgan fingerprint density at radius 2 is 2.29 bits per heavy atom. The van der Waals surface area contributed by atoms with E-state index in [9.17, 15) is 5.11 Å². The maximum Gasteiger partial charge on any atom is 0.166 e. The van der Waals surface area contributed by atoms with E-state index >= 15 is 0 Å². The van der Waals surface area contributed by atoms with Gasteiger partial charge in [-0.15, -0.1) is 0 Å². The first kappa shape index (κ1) is 13.2. The first-order chi connectivity index (χ1) is 10.1. The highest BCUT2D eigenvalue weighted by Gasteiger charge is 2.53. The van der Waals surface area contributed by atoms with Crippen LogP contribution < -0.4 is 14.4 Å². The molecule has 0 radical (unpaired) electrons. The Hall–Kier alpha value is -1.52. The molecule has 0 bridgehead atoms. The van der Waals surface area contributed by atoms with Crippen molar-refractivity contribution >= 4 is 0 Å². The molecule has 1 unspecified atom stereocenters. The van der Waals surface area contributed by atoms with Crippen LogP contribution in [0, 0.1) is 0 Å². The standard InChI is InChI=1S/C17H21NO3/c1-18-8-7-17-6-5-12(19)9-14(17)21-16-13(20-2)4-3-11(10-18)15(16)17/h3-6,12,14,19H,7-10H2,1-2H3/p+1/t12-,14-,17+/m1/s1. The van der Waals surface area contributed by atoms with Gasteiger partial charge in [0.25, 0.3) is 0 Å². The molecule has 1 aromatic carbocycles. The molecule has 0 aromatic heterocycles. The molecule has 4 rings (SSSR count). The van der Waals surface area contributed by atoms with E-state index in [4.69, 9.17) is 9.47 Å².